The van der Waals surface area contributed by atoms with Gasteiger partial charge in [0.25, 0.3) is 0 Å². The van der Waals surface area contributed by atoms with Crippen LogP contribution in [0.3, 0.4) is 0 Å². The number of halogens is 3. The summed E-state index contributed by atoms with van der Waals surface area (Å²) in [4.78, 5) is 24.1. The number of nitrogen functional groups attached to an aromatic ring is 1. The average molecular weight is 496 g/mol. The molecule has 1 aliphatic heterocycles. The lowest BCUT2D eigenvalue weighted by Gasteiger charge is -2.20. The molecule has 5 rings (SSSR count). The SMILES string of the molecule is CCn1cc(-c2ccc(F)c(N3CCN(c4ccc(F)cc4Cl)C3=O)c2)c(-c2ccnc(N)n2)n1. The van der Waals surface area contributed by atoms with Gasteiger partial charge >= 0.3 is 6.03 Å². The van der Waals surface area contributed by atoms with Gasteiger partial charge in [0, 0.05) is 37.6 Å². The Hall–Kier alpha value is -4.05. The molecule has 3 heterocycles. The summed E-state index contributed by atoms with van der Waals surface area (Å²) in [6.45, 7) is 3.06. The second-order valence-electron chi connectivity index (χ2n) is 7.89. The van der Waals surface area contributed by atoms with E-state index in [0.717, 1.165) is 6.07 Å². The number of carbonyl (C=O) groups is 1. The van der Waals surface area contributed by atoms with E-state index in [9.17, 15) is 13.6 Å². The largest absolute Gasteiger partial charge is 0.368 e. The van der Waals surface area contributed by atoms with Crippen molar-refractivity contribution in [2.24, 2.45) is 0 Å². The minimum atomic E-state index is -0.551. The fourth-order valence-corrected chi connectivity index (χ4v) is 4.33. The van der Waals surface area contributed by atoms with Crippen LogP contribution in [0.15, 0.2) is 54.9 Å². The van der Waals surface area contributed by atoms with Gasteiger partial charge < -0.3 is 5.73 Å². The molecule has 1 saturated heterocycles. The zero-order chi connectivity index (χ0) is 24.7. The van der Waals surface area contributed by atoms with Crippen LogP contribution in [-0.4, -0.2) is 38.9 Å². The van der Waals surface area contributed by atoms with Crippen molar-refractivity contribution < 1.29 is 13.6 Å². The summed E-state index contributed by atoms with van der Waals surface area (Å²) in [6.07, 6.45) is 3.38. The first-order valence-corrected chi connectivity index (χ1v) is 11.2. The summed E-state index contributed by atoms with van der Waals surface area (Å²) >= 11 is 6.15. The molecular weight excluding hydrogens is 476 g/mol. The standard InChI is InChI=1S/C24H20ClF2N7O/c1-2-32-13-16(22(31-32)19-7-8-29-23(28)30-19)14-3-5-18(27)21(11-14)34-10-9-33(24(34)35)20-6-4-15(26)12-17(20)25/h3-8,11-13H,2,9-10H2,1H3,(H2,28,29,30). The van der Waals surface area contributed by atoms with E-state index in [1.807, 2.05) is 13.1 Å². The molecule has 0 saturated carbocycles. The molecule has 0 spiro atoms. The summed E-state index contributed by atoms with van der Waals surface area (Å²) in [6, 6.07) is 9.58. The van der Waals surface area contributed by atoms with Crippen molar-refractivity contribution in [3.05, 3.63) is 71.5 Å². The monoisotopic (exact) mass is 495 g/mol. The van der Waals surface area contributed by atoms with Crippen LogP contribution in [0.25, 0.3) is 22.5 Å². The van der Waals surface area contributed by atoms with Gasteiger partial charge in [0.2, 0.25) is 5.95 Å². The van der Waals surface area contributed by atoms with Crippen molar-refractivity contribution in [3.8, 4) is 22.5 Å². The number of aromatic nitrogens is 4. The maximum atomic E-state index is 15.0. The maximum Gasteiger partial charge on any atom is 0.329 e. The van der Waals surface area contributed by atoms with Gasteiger partial charge in [0.15, 0.2) is 0 Å². The number of nitrogens with two attached hydrogens (primary N) is 1. The first-order valence-electron chi connectivity index (χ1n) is 10.9. The van der Waals surface area contributed by atoms with E-state index in [2.05, 4.69) is 15.1 Å². The van der Waals surface area contributed by atoms with Crippen LogP contribution < -0.4 is 15.5 Å². The topological polar surface area (TPSA) is 93.2 Å². The third-order valence-electron chi connectivity index (χ3n) is 5.76. The molecule has 0 unspecified atom stereocenters. The van der Waals surface area contributed by atoms with Crippen LogP contribution in [0.4, 0.5) is 30.9 Å². The van der Waals surface area contributed by atoms with Gasteiger partial charge in [-0.3, -0.25) is 14.5 Å². The Morgan fingerprint density at radius 2 is 1.83 bits per heavy atom. The molecule has 0 radical (unpaired) electrons. The van der Waals surface area contributed by atoms with E-state index in [1.54, 1.807) is 29.1 Å². The number of benzene rings is 2. The van der Waals surface area contributed by atoms with E-state index in [0.29, 0.717) is 34.7 Å². The van der Waals surface area contributed by atoms with Crippen molar-refractivity contribution in [3.63, 3.8) is 0 Å². The highest BCUT2D eigenvalue weighted by molar-refractivity contribution is 6.34. The van der Waals surface area contributed by atoms with Crippen molar-refractivity contribution in [1.82, 2.24) is 19.7 Å². The first-order chi connectivity index (χ1) is 16.9. The van der Waals surface area contributed by atoms with Crippen molar-refractivity contribution in [2.45, 2.75) is 13.5 Å². The summed E-state index contributed by atoms with van der Waals surface area (Å²) in [5.41, 5.74) is 8.69. The molecule has 2 amide bonds. The number of nitrogens with zero attached hydrogens (tertiary/aromatic N) is 6. The lowest BCUT2D eigenvalue weighted by molar-refractivity contribution is 0.255. The van der Waals surface area contributed by atoms with Crippen LogP contribution >= 0.6 is 11.6 Å². The van der Waals surface area contributed by atoms with Crippen molar-refractivity contribution in [2.75, 3.05) is 28.6 Å². The number of hydrogen-bond donors (Lipinski definition) is 1. The average Bonchev–Trinajstić information content (AvgIpc) is 3.44. The van der Waals surface area contributed by atoms with Gasteiger partial charge in [-0.15, -0.1) is 0 Å². The molecule has 1 fully saturated rings. The number of urea groups is 1. The van der Waals surface area contributed by atoms with E-state index >= 15 is 0 Å². The Labute approximate surface area is 204 Å². The Balaban J connectivity index is 1.53. The van der Waals surface area contributed by atoms with E-state index in [-0.39, 0.29) is 29.7 Å². The molecule has 8 nitrogen and oxygen atoms in total. The number of rotatable bonds is 5. The minimum absolute atomic E-state index is 0.107. The number of carbonyl (C=O) groups excluding carboxylic acids is 1. The number of hydrogen-bond acceptors (Lipinski definition) is 5. The lowest BCUT2D eigenvalue weighted by Crippen LogP contribution is -2.32. The predicted molar refractivity (Wildman–Crippen MR) is 130 cm³/mol. The number of amides is 2. The molecule has 0 atom stereocenters. The zero-order valence-corrected chi connectivity index (χ0v) is 19.4. The summed E-state index contributed by atoms with van der Waals surface area (Å²) < 4.78 is 30.2. The summed E-state index contributed by atoms with van der Waals surface area (Å²) in [7, 11) is 0. The molecule has 4 aromatic rings. The predicted octanol–water partition coefficient (Wildman–Crippen LogP) is 4.99. The molecule has 35 heavy (non-hydrogen) atoms. The van der Waals surface area contributed by atoms with Crippen LogP contribution in [-0.2, 0) is 6.54 Å². The van der Waals surface area contributed by atoms with E-state index in [1.165, 1.54) is 28.0 Å². The fourth-order valence-electron chi connectivity index (χ4n) is 4.06. The Morgan fingerprint density at radius 1 is 1.06 bits per heavy atom. The third kappa shape index (κ3) is 4.17. The Bertz CT molecular complexity index is 1440. The van der Waals surface area contributed by atoms with Crippen LogP contribution in [0.2, 0.25) is 5.02 Å². The van der Waals surface area contributed by atoms with Crippen molar-refractivity contribution >= 4 is 35.0 Å². The third-order valence-corrected chi connectivity index (χ3v) is 6.06. The van der Waals surface area contributed by atoms with Gasteiger partial charge in [0.05, 0.1) is 22.1 Å². The van der Waals surface area contributed by atoms with Gasteiger partial charge in [-0.05, 0) is 48.9 Å². The minimum Gasteiger partial charge on any atom is -0.368 e. The quantitative estimate of drug-likeness (QED) is 0.421. The highest BCUT2D eigenvalue weighted by Crippen LogP contribution is 2.36. The molecule has 0 bridgehead atoms. The van der Waals surface area contributed by atoms with Gasteiger partial charge in [-0.2, -0.15) is 5.10 Å². The second-order valence-corrected chi connectivity index (χ2v) is 8.30. The second kappa shape index (κ2) is 8.95. The van der Waals surface area contributed by atoms with E-state index in [4.69, 9.17) is 17.3 Å². The molecule has 2 N–H and O–H groups in total. The zero-order valence-electron chi connectivity index (χ0n) is 18.6. The molecule has 1 aliphatic rings. The summed E-state index contributed by atoms with van der Waals surface area (Å²) in [5.74, 6) is -0.943. The highest BCUT2D eigenvalue weighted by Gasteiger charge is 2.33. The normalized spacial score (nSPS) is 13.7. The molecule has 2 aromatic heterocycles. The molecule has 2 aromatic carbocycles. The highest BCUT2D eigenvalue weighted by atomic mass is 35.5. The van der Waals surface area contributed by atoms with Gasteiger partial charge in [-0.25, -0.2) is 23.5 Å². The Morgan fingerprint density at radius 3 is 2.54 bits per heavy atom. The molecular formula is C24H20ClF2N7O. The maximum absolute atomic E-state index is 15.0. The smallest absolute Gasteiger partial charge is 0.329 e. The van der Waals surface area contributed by atoms with E-state index < -0.39 is 17.7 Å². The van der Waals surface area contributed by atoms with Crippen molar-refractivity contribution in [1.29, 1.82) is 0 Å². The summed E-state index contributed by atoms with van der Waals surface area (Å²) in [5, 5.41) is 4.70. The van der Waals surface area contributed by atoms with Gasteiger partial charge in [0.1, 0.15) is 17.3 Å². The number of aryl methyl sites for hydroxylation is 1. The Kier molecular flexibility index (Phi) is 5.81. The molecule has 178 valence electrons. The lowest BCUT2D eigenvalue weighted by atomic mass is 10.0. The van der Waals surface area contributed by atoms with Gasteiger partial charge in [-0.1, -0.05) is 17.7 Å². The molecule has 0 aliphatic carbocycles. The van der Waals surface area contributed by atoms with Crippen LogP contribution in [0.5, 0.6) is 0 Å². The van der Waals surface area contributed by atoms with Crippen LogP contribution in [0.1, 0.15) is 6.92 Å². The number of anilines is 3. The molecule has 11 heteroatoms. The first kappa shape index (κ1) is 22.7. The van der Waals surface area contributed by atoms with Crippen LogP contribution in [0, 0.1) is 11.6 Å². The fraction of sp³-hybridized carbons (Fsp3) is 0.167.